The van der Waals surface area contributed by atoms with Crippen molar-refractivity contribution in [3.05, 3.63) is 72.9 Å². The Labute approximate surface area is 304 Å². The highest BCUT2D eigenvalue weighted by molar-refractivity contribution is 7.47. The molecule has 0 saturated carbocycles. The van der Waals surface area contributed by atoms with Crippen LogP contribution in [0.1, 0.15) is 129 Å². The summed E-state index contributed by atoms with van der Waals surface area (Å²) >= 11 is 0. The monoisotopic (exact) mass is 721 g/mol. The zero-order chi connectivity index (χ0) is 36.8. The standard InChI is InChI=1S/C40H68NO8P/c1-4-6-8-10-12-14-16-17-18-19-20-21-23-25-27-29-31-33-40(43)49-38(37-48-50(44,45)47-35-34-41-3)36-46-39(42)32-30-28-26-24-22-15-13-11-9-7-5-2/h6,8,11-14,17-18,20-21,25,27,38,41H,4-5,7,9-10,15-16,19,22-24,26,28-37H2,1-3H3,(H,44,45)/b8-6-,13-11-,14-12-,18-17-,21-20-,27-25-. The van der Waals surface area contributed by atoms with Gasteiger partial charge < -0.3 is 19.7 Å². The maximum Gasteiger partial charge on any atom is 0.472 e. The van der Waals surface area contributed by atoms with E-state index in [-0.39, 0.29) is 26.1 Å². The van der Waals surface area contributed by atoms with Crippen LogP contribution in [0, 0.1) is 0 Å². The van der Waals surface area contributed by atoms with Crippen LogP contribution in [0.5, 0.6) is 0 Å². The average molecular weight is 722 g/mol. The van der Waals surface area contributed by atoms with E-state index < -0.39 is 32.5 Å². The first-order valence-corrected chi connectivity index (χ1v) is 20.4. The quantitative estimate of drug-likeness (QED) is 0.0289. The van der Waals surface area contributed by atoms with Crippen LogP contribution < -0.4 is 5.32 Å². The van der Waals surface area contributed by atoms with Crippen LogP contribution in [0.4, 0.5) is 0 Å². The summed E-state index contributed by atoms with van der Waals surface area (Å²) < 4.78 is 33.0. The van der Waals surface area contributed by atoms with Crippen molar-refractivity contribution < 1.29 is 37.6 Å². The minimum absolute atomic E-state index is 0.0326. The van der Waals surface area contributed by atoms with E-state index in [9.17, 15) is 19.0 Å². The van der Waals surface area contributed by atoms with Gasteiger partial charge in [0.15, 0.2) is 6.10 Å². The van der Waals surface area contributed by atoms with Gasteiger partial charge >= 0.3 is 19.8 Å². The Morgan fingerprint density at radius 3 is 1.78 bits per heavy atom. The summed E-state index contributed by atoms with van der Waals surface area (Å²) in [7, 11) is -2.68. The first-order chi connectivity index (χ1) is 24.3. The molecule has 286 valence electrons. The van der Waals surface area contributed by atoms with E-state index in [0.717, 1.165) is 70.6 Å². The van der Waals surface area contributed by atoms with Crippen molar-refractivity contribution >= 4 is 19.8 Å². The number of ether oxygens (including phenoxy) is 2. The van der Waals surface area contributed by atoms with Crippen LogP contribution in [-0.2, 0) is 32.7 Å². The Balaban J connectivity index is 4.44. The second-order valence-corrected chi connectivity index (χ2v) is 13.5. The van der Waals surface area contributed by atoms with Crippen LogP contribution in [0.2, 0.25) is 0 Å². The zero-order valence-corrected chi connectivity index (χ0v) is 32.2. The fraction of sp³-hybridized carbons (Fsp3) is 0.650. The molecule has 0 fully saturated rings. The van der Waals surface area contributed by atoms with Crippen molar-refractivity contribution in [3.63, 3.8) is 0 Å². The number of nitrogens with one attached hydrogen (secondary N) is 1. The summed E-state index contributed by atoms with van der Waals surface area (Å²) in [6.45, 7) is 3.96. The fourth-order valence-electron chi connectivity index (χ4n) is 4.45. The molecule has 0 spiro atoms. The van der Waals surface area contributed by atoms with Gasteiger partial charge in [0.25, 0.3) is 0 Å². The molecule has 2 N–H and O–H groups in total. The molecule has 2 unspecified atom stereocenters. The van der Waals surface area contributed by atoms with Crippen LogP contribution >= 0.6 is 7.82 Å². The molecule has 0 aromatic rings. The lowest BCUT2D eigenvalue weighted by molar-refractivity contribution is -0.161. The van der Waals surface area contributed by atoms with Gasteiger partial charge in [-0.3, -0.25) is 18.6 Å². The van der Waals surface area contributed by atoms with Gasteiger partial charge in [-0.1, -0.05) is 119 Å². The number of carbonyl (C=O) groups excluding carboxylic acids is 2. The third kappa shape index (κ3) is 35.3. The van der Waals surface area contributed by atoms with Crippen molar-refractivity contribution in [2.75, 3.05) is 33.4 Å². The maximum atomic E-state index is 12.5. The molecule has 50 heavy (non-hydrogen) atoms. The highest BCUT2D eigenvalue weighted by Gasteiger charge is 2.26. The largest absolute Gasteiger partial charge is 0.472 e. The summed E-state index contributed by atoms with van der Waals surface area (Å²) in [4.78, 5) is 34.8. The molecule has 0 rings (SSSR count). The minimum Gasteiger partial charge on any atom is -0.462 e. The molecule has 0 aromatic heterocycles. The third-order valence-electron chi connectivity index (χ3n) is 7.31. The lowest BCUT2D eigenvalue weighted by Gasteiger charge is -2.20. The van der Waals surface area contributed by atoms with Gasteiger partial charge in [-0.25, -0.2) is 4.57 Å². The van der Waals surface area contributed by atoms with Crippen molar-refractivity contribution in [2.45, 2.75) is 136 Å². The van der Waals surface area contributed by atoms with E-state index in [1.54, 1.807) is 7.05 Å². The van der Waals surface area contributed by atoms with Crippen molar-refractivity contribution in [1.29, 1.82) is 0 Å². The smallest absolute Gasteiger partial charge is 0.462 e. The third-order valence-corrected chi connectivity index (χ3v) is 8.29. The Hall–Kier alpha value is -2.55. The Morgan fingerprint density at radius 2 is 1.16 bits per heavy atom. The van der Waals surface area contributed by atoms with E-state index in [1.807, 2.05) is 6.08 Å². The SMILES string of the molecule is CC/C=C\C/C=C\C/C=C\C/C=C\C/C=C\CCCC(=O)OC(COC(=O)CCCCCCC/C=C\CCCC)COP(=O)(O)OCCNC. The van der Waals surface area contributed by atoms with Gasteiger partial charge in [0.05, 0.1) is 13.2 Å². The molecule has 0 saturated heterocycles. The molecular weight excluding hydrogens is 653 g/mol. The normalized spacial score (nSPS) is 14.2. The van der Waals surface area contributed by atoms with Crippen LogP contribution in [0.15, 0.2) is 72.9 Å². The second kappa shape index (κ2) is 36.2. The van der Waals surface area contributed by atoms with Gasteiger partial charge in [0.1, 0.15) is 6.61 Å². The molecule has 2 atom stereocenters. The number of carbonyl (C=O) groups is 2. The number of allylic oxidation sites excluding steroid dienone is 12. The molecular formula is C40H68NO8P. The van der Waals surface area contributed by atoms with E-state index in [4.69, 9.17) is 18.5 Å². The lowest BCUT2D eigenvalue weighted by Crippen LogP contribution is -2.29. The highest BCUT2D eigenvalue weighted by Crippen LogP contribution is 2.43. The predicted molar refractivity (Wildman–Crippen MR) is 206 cm³/mol. The van der Waals surface area contributed by atoms with E-state index in [0.29, 0.717) is 25.8 Å². The summed E-state index contributed by atoms with van der Waals surface area (Å²) in [6.07, 6.45) is 41.0. The molecule has 0 aliphatic rings. The average Bonchev–Trinajstić information content (AvgIpc) is 3.09. The molecule has 0 aliphatic heterocycles. The number of unbranched alkanes of at least 4 members (excludes halogenated alkanes) is 8. The highest BCUT2D eigenvalue weighted by atomic mass is 31.2. The summed E-state index contributed by atoms with van der Waals surface area (Å²) in [5, 5.41) is 2.81. The van der Waals surface area contributed by atoms with Crippen LogP contribution in [0.25, 0.3) is 0 Å². The maximum absolute atomic E-state index is 12.5. The lowest BCUT2D eigenvalue weighted by atomic mass is 10.1. The van der Waals surface area contributed by atoms with E-state index in [1.165, 1.54) is 12.8 Å². The number of hydrogen-bond donors (Lipinski definition) is 2. The van der Waals surface area contributed by atoms with Gasteiger partial charge in [-0.15, -0.1) is 0 Å². The Morgan fingerprint density at radius 1 is 0.640 bits per heavy atom. The molecule has 0 heterocycles. The van der Waals surface area contributed by atoms with E-state index in [2.05, 4.69) is 86.0 Å². The van der Waals surface area contributed by atoms with Gasteiger partial charge in [-0.05, 0) is 77.7 Å². The minimum atomic E-state index is -4.36. The van der Waals surface area contributed by atoms with Crippen LogP contribution in [-0.4, -0.2) is 56.3 Å². The number of hydrogen-bond acceptors (Lipinski definition) is 8. The number of phosphoric ester groups is 1. The Kier molecular flexibility index (Phi) is 34.4. The van der Waals surface area contributed by atoms with Crippen molar-refractivity contribution in [1.82, 2.24) is 5.32 Å². The van der Waals surface area contributed by atoms with E-state index >= 15 is 0 Å². The molecule has 10 heteroatoms. The first kappa shape index (κ1) is 47.4. The second-order valence-electron chi connectivity index (χ2n) is 12.0. The summed E-state index contributed by atoms with van der Waals surface area (Å²) in [6, 6.07) is 0. The Bertz CT molecular complexity index is 1050. The predicted octanol–water partition coefficient (Wildman–Crippen LogP) is 10.2. The fourth-order valence-corrected chi connectivity index (χ4v) is 5.20. The van der Waals surface area contributed by atoms with Crippen LogP contribution in [0.3, 0.4) is 0 Å². The molecule has 0 bridgehead atoms. The molecule has 0 aliphatic carbocycles. The molecule has 0 amide bonds. The summed E-state index contributed by atoms with van der Waals surface area (Å²) in [5.41, 5.74) is 0. The number of esters is 2. The number of likely N-dealkylation sites (N-methyl/N-ethyl adjacent to an activating group) is 1. The van der Waals surface area contributed by atoms with Gasteiger partial charge in [-0.2, -0.15) is 0 Å². The van der Waals surface area contributed by atoms with Gasteiger partial charge in [0, 0.05) is 19.4 Å². The zero-order valence-electron chi connectivity index (χ0n) is 31.3. The first-order valence-electron chi connectivity index (χ1n) is 18.9. The number of phosphoric acid groups is 1. The summed E-state index contributed by atoms with van der Waals surface area (Å²) in [5.74, 6) is -0.896. The molecule has 9 nitrogen and oxygen atoms in total. The molecule has 0 aromatic carbocycles. The molecule has 0 radical (unpaired) electrons. The number of rotatable bonds is 34. The van der Waals surface area contributed by atoms with Crippen molar-refractivity contribution in [3.8, 4) is 0 Å². The van der Waals surface area contributed by atoms with Crippen molar-refractivity contribution in [2.24, 2.45) is 0 Å². The topological polar surface area (TPSA) is 120 Å². The van der Waals surface area contributed by atoms with Gasteiger partial charge in [0.2, 0.25) is 0 Å².